The lowest BCUT2D eigenvalue weighted by molar-refractivity contribution is -0.167. The van der Waals surface area contributed by atoms with Gasteiger partial charge in [-0.25, -0.2) is 0 Å². The van der Waals surface area contributed by atoms with Gasteiger partial charge in [-0.15, -0.1) is 0 Å². The number of unbranched alkanes of at least 4 members (excludes halogenated alkanes) is 38. The number of carbonyl (C=O) groups excluding carboxylic acids is 3. The molecule has 0 unspecified atom stereocenters. The predicted molar refractivity (Wildman–Crippen MR) is 266 cm³/mol. The first-order valence-corrected chi connectivity index (χ1v) is 27.9. The topological polar surface area (TPSA) is 78.9 Å². The van der Waals surface area contributed by atoms with Gasteiger partial charge in [0.05, 0.1) is 0 Å². The van der Waals surface area contributed by atoms with Crippen molar-refractivity contribution < 1.29 is 28.6 Å². The first-order valence-electron chi connectivity index (χ1n) is 27.9. The van der Waals surface area contributed by atoms with Crippen LogP contribution in [0.15, 0.2) is 0 Å². The fourth-order valence-corrected chi connectivity index (χ4v) is 8.57. The van der Waals surface area contributed by atoms with E-state index in [1.165, 1.54) is 212 Å². The second-order valence-corrected chi connectivity index (χ2v) is 19.7. The maximum absolute atomic E-state index is 12.8. The van der Waals surface area contributed by atoms with Crippen LogP contribution in [0.2, 0.25) is 0 Å². The molecule has 6 heteroatoms. The highest BCUT2D eigenvalue weighted by Crippen LogP contribution is 2.18. The van der Waals surface area contributed by atoms with Crippen LogP contribution in [0.1, 0.15) is 317 Å². The standard InChI is InChI=1S/C56H108O6/c1-5-7-9-11-13-15-17-19-20-21-22-23-24-25-27-31-35-39-43-47-54(57)60-50-53(62-56(59)49-45-41-37-33-26-18-16-14-12-10-8-6-2)51-61-55(58)48-44-40-36-32-29-28-30-34-38-42-46-52(3)4/h52-53H,5-51H2,1-4H3/t53-/m1/s1. The lowest BCUT2D eigenvalue weighted by atomic mass is 10.0. The molecule has 0 heterocycles. The average Bonchev–Trinajstić information content (AvgIpc) is 3.26. The van der Waals surface area contributed by atoms with E-state index in [4.69, 9.17) is 14.2 Å². The Hall–Kier alpha value is -1.59. The van der Waals surface area contributed by atoms with Crippen LogP contribution in [0.5, 0.6) is 0 Å². The Morgan fingerprint density at radius 2 is 0.532 bits per heavy atom. The smallest absolute Gasteiger partial charge is 0.306 e. The number of rotatable bonds is 51. The molecule has 0 saturated carbocycles. The van der Waals surface area contributed by atoms with Crippen LogP contribution in [0, 0.1) is 5.92 Å². The molecule has 0 aromatic heterocycles. The number of hydrogen-bond donors (Lipinski definition) is 0. The molecule has 1 atom stereocenters. The molecular weight excluding hydrogens is 769 g/mol. The normalized spacial score (nSPS) is 12.0. The highest BCUT2D eigenvalue weighted by Gasteiger charge is 2.19. The van der Waals surface area contributed by atoms with E-state index in [-0.39, 0.29) is 31.1 Å². The van der Waals surface area contributed by atoms with Crippen LogP contribution in [-0.4, -0.2) is 37.2 Å². The summed E-state index contributed by atoms with van der Waals surface area (Å²) in [5.74, 6) is -0.0218. The van der Waals surface area contributed by atoms with Crippen molar-refractivity contribution in [1.82, 2.24) is 0 Å². The van der Waals surface area contributed by atoms with Gasteiger partial charge in [0.25, 0.3) is 0 Å². The summed E-state index contributed by atoms with van der Waals surface area (Å²) in [5.41, 5.74) is 0. The molecule has 0 amide bonds. The van der Waals surface area contributed by atoms with E-state index in [1.54, 1.807) is 0 Å². The SMILES string of the molecule is CCCCCCCCCCCCCCCCCCCCCC(=O)OC[C@H](COC(=O)CCCCCCCCCCCCC(C)C)OC(=O)CCCCCCCCCCCCCC. The van der Waals surface area contributed by atoms with Crippen molar-refractivity contribution in [3.05, 3.63) is 0 Å². The van der Waals surface area contributed by atoms with E-state index >= 15 is 0 Å². The van der Waals surface area contributed by atoms with E-state index in [9.17, 15) is 14.4 Å². The molecule has 0 aromatic carbocycles. The highest BCUT2D eigenvalue weighted by molar-refractivity contribution is 5.71. The van der Waals surface area contributed by atoms with Gasteiger partial charge in [0.1, 0.15) is 13.2 Å². The quantitative estimate of drug-likeness (QED) is 0.0344. The third-order valence-electron chi connectivity index (χ3n) is 12.8. The Labute approximate surface area is 387 Å². The van der Waals surface area contributed by atoms with Crippen molar-refractivity contribution in [2.45, 2.75) is 323 Å². The lowest BCUT2D eigenvalue weighted by Crippen LogP contribution is -2.30. The molecule has 0 fully saturated rings. The monoisotopic (exact) mass is 877 g/mol. The molecule has 0 rings (SSSR count). The summed E-state index contributed by atoms with van der Waals surface area (Å²) in [6.45, 7) is 9.03. The highest BCUT2D eigenvalue weighted by atomic mass is 16.6. The largest absolute Gasteiger partial charge is 0.462 e. The average molecular weight is 877 g/mol. The van der Waals surface area contributed by atoms with E-state index in [0.29, 0.717) is 19.3 Å². The van der Waals surface area contributed by atoms with Gasteiger partial charge in [-0.3, -0.25) is 14.4 Å². The van der Waals surface area contributed by atoms with Crippen molar-refractivity contribution in [3.8, 4) is 0 Å². The minimum absolute atomic E-state index is 0.0624. The van der Waals surface area contributed by atoms with Crippen LogP contribution in [-0.2, 0) is 28.6 Å². The van der Waals surface area contributed by atoms with Crippen LogP contribution in [0.25, 0.3) is 0 Å². The Bertz CT molecular complexity index is 933. The fraction of sp³-hybridized carbons (Fsp3) is 0.946. The summed E-state index contributed by atoms with van der Waals surface area (Å²) >= 11 is 0. The second kappa shape index (κ2) is 50.4. The molecule has 0 spiro atoms. The van der Waals surface area contributed by atoms with Crippen molar-refractivity contribution in [2.24, 2.45) is 5.92 Å². The van der Waals surface area contributed by atoms with Gasteiger partial charge < -0.3 is 14.2 Å². The van der Waals surface area contributed by atoms with Gasteiger partial charge in [0.2, 0.25) is 0 Å². The molecular formula is C56H108O6. The first-order chi connectivity index (χ1) is 30.4. The van der Waals surface area contributed by atoms with Crippen molar-refractivity contribution in [2.75, 3.05) is 13.2 Å². The summed E-state index contributed by atoms with van der Waals surface area (Å²) in [5, 5.41) is 0. The molecule has 0 aliphatic heterocycles. The van der Waals surface area contributed by atoms with Crippen LogP contribution >= 0.6 is 0 Å². The van der Waals surface area contributed by atoms with Gasteiger partial charge in [-0.1, -0.05) is 278 Å². The van der Waals surface area contributed by atoms with Crippen LogP contribution in [0.4, 0.5) is 0 Å². The van der Waals surface area contributed by atoms with Gasteiger partial charge in [0, 0.05) is 19.3 Å². The summed E-state index contributed by atoms with van der Waals surface area (Å²) in [6, 6.07) is 0. The third kappa shape index (κ3) is 49.4. The molecule has 6 nitrogen and oxygen atoms in total. The second-order valence-electron chi connectivity index (χ2n) is 19.7. The number of hydrogen-bond acceptors (Lipinski definition) is 6. The zero-order valence-corrected chi connectivity index (χ0v) is 42.3. The Morgan fingerprint density at radius 1 is 0.306 bits per heavy atom. The van der Waals surface area contributed by atoms with Crippen LogP contribution < -0.4 is 0 Å². The molecule has 0 saturated heterocycles. The van der Waals surface area contributed by atoms with Gasteiger partial charge in [-0.2, -0.15) is 0 Å². The Morgan fingerprint density at radius 3 is 0.790 bits per heavy atom. The minimum atomic E-state index is -0.761. The number of ether oxygens (including phenoxy) is 3. The molecule has 62 heavy (non-hydrogen) atoms. The van der Waals surface area contributed by atoms with Crippen molar-refractivity contribution in [1.29, 1.82) is 0 Å². The molecule has 368 valence electrons. The molecule has 0 radical (unpaired) electrons. The molecule has 0 aromatic rings. The van der Waals surface area contributed by atoms with E-state index in [1.807, 2.05) is 0 Å². The molecule has 0 bridgehead atoms. The molecule has 0 N–H and O–H groups in total. The van der Waals surface area contributed by atoms with Gasteiger partial charge >= 0.3 is 17.9 Å². The van der Waals surface area contributed by atoms with E-state index in [2.05, 4.69) is 27.7 Å². The van der Waals surface area contributed by atoms with E-state index in [0.717, 1.165) is 63.7 Å². The zero-order chi connectivity index (χ0) is 45.2. The van der Waals surface area contributed by atoms with E-state index < -0.39 is 6.10 Å². The Kier molecular flexibility index (Phi) is 49.1. The Balaban J connectivity index is 4.25. The lowest BCUT2D eigenvalue weighted by Gasteiger charge is -2.18. The number of carbonyl (C=O) groups is 3. The number of esters is 3. The predicted octanol–water partition coefficient (Wildman–Crippen LogP) is 18.2. The van der Waals surface area contributed by atoms with Gasteiger partial charge in [-0.05, 0) is 25.2 Å². The van der Waals surface area contributed by atoms with Crippen molar-refractivity contribution >= 4 is 17.9 Å². The minimum Gasteiger partial charge on any atom is -0.462 e. The fourth-order valence-electron chi connectivity index (χ4n) is 8.57. The molecule has 0 aliphatic rings. The first kappa shape index (κ1) is 60.4. The molecule has 0 aliphatic carbocycles. The summed E-state index contributed by atoms with van der Waals surface area (Å²) in [4.78, 5) is 38.0. The summed E-state index contributed by atoms with van der Waals surface area (Å²) < 4.78 is 16.8. The maximum atomic E-state index is 12.8. The van der Waals surface area contributed by atoms with Crippen LogP contribution in [0.3, 0.4) is 0 Å². The zero-order valence-electron chi connectivity index (χ0n) is 42.3. The third-order valence-corrected chi connectivity index (χ3v) is 12.8. The maximum Gasteiger partial charge on any atom is 0.306 e. The van der Waals surface area contributed by atoms with Crippen molar-refractivity contribution in [3.63, 3.8) is 0 Å². The summed E-state index contributed by atoms with van der Waals surface area (Å²) in [6.07, 6.45) is 53.8. The summed E-state index contributed by atoms with van der Waals surface area (Å²) in [7, 11) is 0. The van der Waals surface area contributed by atoms with Gasteiger partial charge in [0.15, 0.2) is 6.10 Å².